The number of fused-ring (bicyclic) bond motifs is 1. The number of ether oxygens (including phenoxy) is 1. The Hall–Kier alpha value is -3.72. The summed E-state index contributed by atoms with van der Waals surface area (Å²) in [4.78, 5) is 21.5. The molecule has 32 heavy (non-hydrogen) atoms. The number of hydrogen-bond acceptors (Lipinski definition) is 6. The molecule has 4 aromatic rings. The van der Waals surface area contributed by atoms with E-state index < -0.39 is 0 Å². The van der Waals surface area contributed by atoms with Crippen molar-refractivity contribution in [2.45, 2.75) is 38.8 Å². The average Bonchev–Trinajstić information content (AvgIpc) is 3.42. The van der Waals surface area contributed by atoms with Gasteiger partial charge < -0.3 is 10.1 Å². The SMILES string of the molecule is CCn1nc(NC(=O)n2ccc3cc(Oc4nccc(CNC)n4)ccc32)cc1C1CC1. The highest BCUT2D eigenvalue weighted by molar-refractivity contribution is 5.98. The van der Waals surface area contributed by atoms with Crippen LogP contribution in [0.3, 0.4) is 0 Å². The van der Waals surface area contributed by atoms with Gasteiger partial charge >= 0.3 is 12.0 Å². The number of benzene rings is 1. The Bertz CT molecular complexity index is 1270. The molecule has 5 rings (SSSR count). The third-order valence-corrected chi connectivity index (χ3v) is 5.48. The fourth-order valence-electron chi connectivity index (χ4n) is 3.79. The van der Waals surface area contributed by atoms with Gasteiger partial charge in [0.15, 0.2) is 5.82 Å². The highest BCUT2D eigenvalue weighted by atomic mass is 16.5. The van der Waals surface area contributed by atoms with Crippen molar-refractivity contribution in [3.05, 3.63) is 60.2 Å². The predicted molar refractivity (Wildman–Crippen MR) is 121 cm³/mol. The van der Waals surface area contributed by atoms with Crippen LogP contribution in [-0.2, 0) is 13.1 Å². The second kappa shape index (κ2) is 8.43. The summed E-state index contributed by atoms with van der Waals surface area (Å²) in [6.07, 6.45) is 5.79. The Kier molecular flexibility index (Phi) is 5.32. The molecular formula is C23H25N7O2. The Morgan fingerprint density at radius 3 is 2.88 bits per heavy atom. The highest BCUT2D eigenvalue weighted by Gasteiger charge is 2.28. The molecule has 2 N–H and O–H groups in total. The van der Waals surface area contributed by atoms with Crippen molar-refractivity contribution in [1.29, 1.82) is 0 Å². The third-order valence-electron chi connectivity index (χ3n) is 5.48. The first-order chi connectivity index (χ1) is 15.6. The summed E-state index contributed by atoms with van der Waals surface area (Å²) in [5, 5.41) is 11.4. The van der Waals surface area contributed by atoms with E-state index >= 15 is 0 Å². The van der Waals surface area contributed by atoms with Crippen LogP contribution in [0.15, 0.2) is 48.8 Å². The van der Waals surface area contributed by atoms with Crippen LogP contribution in [0.4, 0.5) is 10.6 Å². The summed E-state index contributed by atoms with van der Waals surface area (Å²) < 4.78 is 9.37. The molecule has 0 saturated heterocycles. The molecule has 3 aromatic heterocycles. The van der Waals surface area contributed by atoms with Crippen molar-refractivity contribution in [3.63, 3.8) is 0 Å². The summed E-state index contributed by atoms with van der Waals surface area (Å²) >= 11 is 0. The van der Waals surface area contributed by atoms with Gasteiger partial charge in [0.25, 0.3) is 0 Å². The van der Waals surface area contributed by atoms with Crippen LogP contribution in [0.25, 0.3) is 10.9 Å². The molecular weight excluding hydrogens is 406 g/mol. The van der Waals surface area contributed by atoms with Gasteiger partial charge in [-0.25, -0.2) is 9.78 Å². The lowest BCUT2D eigenvalue weighted by atomic mass is 10.2. The molecule has 0 radical (unpaired) electrons. The van der Waals surface area contributed by atoms with Crippen LogP contribution in [0.5, 0.6) is 11.8 Å². The van der Waals surface area contributed by atoms with Crippen LogP contribution in [-0.4, -0.2) is 37.4 Å². The van der Waals surface area contributed by atoms with Crippen molar-refractivity contribution in [3.8, 4) is 11.8 Å². The second-order valence-corrected chi connectivity index (χ2v) is 7.84. The third kappa shape index (κ3) is 4.06. The van der Waals surface area contributed by atoms with E-state index in [0.29, 0.717) is 24.0 Å². The first-order valence-corrected chi connectivity index (χ1v) is 10.8. The molecule has 1 aliphatic rings. The molecule has 0 aliphatic heterocycles. The van der Waals surface area contributed by atoms with Gasteiger partial charge in [-0.15, -0.1) is 0 Å². The minimum absolute atomic E-state index is 0.250. The smallest absolute Gasteiger partial charge is 0.331 e. The molecule has 0 spiro atoms. The number of anilines is 1. The van der Waals surface area contributed by atoms with Gasteiger partial charge in [-0.3, -0.25) is 14.6 Å². The molecule has 0 unspecified atom stereocenters. The molecule has 164 valence electrons. The van der Waals surface area contributed by atoms with E-state index in [4.69, 9.17) is 4.74 Å². The van der Waals surface area contributed by atoms with Gasteiger partial charge in [0.2, 0.25) is 0 Å². The normalized spacial score (nSPS) is 13.4. The van der Waals surface area contributed by atoms with Crippen molar-refractivity contribution in [1.82, 2.24) is 29.6 Å². The number of aryl methyl sites for hydroxylation is 1. The van der Waals surface area contributed by atoms with E-state index in [9.17, 15) is 4.79 Å². The summed E-state index contributed by atoms with van der Waals surface area (Å²) in [5.74, 6) is 1.76. The second-order valence-electron chi connectivity index (χ2n) is 7.84. The molecule has 3 heterocycles. The van der Waals surface area contributed by atoms with E-state index in [-0.39, 0.29) is 12.0 Å². The Labute approximate surface area is 185 Å². The lowest BCUT2D eigenvalue weighted by Crippen LogP contribution is -2.18. The number of carbonyl (C=O) groups excluding carboxylic acids is 1. The molecule has 1 aromatic carbocycles. The van der Waals surface area contributed by atoms with Gasteiger partial charge in [-0.2, -0.15) is 10.1 Å². The maximum atomic E-state index is 12.9. The van der Waals surface area contributed by atoms with Crippen LogP contribution in [0.2, 0.25) is 0 Å². The molecule has 1 saturated carbocycles. The summed E-state index contributed by atoms with van der Waals surface area (Å²) in [6, 6.07) is 11.2. The number of nitrogens with one attached hydrogen (secondary N) is 2. The topological polar surface area (TPSA) is 98.9 Å². The van der Waals surface area contributed by atoms with Gasteiger partial charge in [0.05, 0.1) is 11.2 Å². The molecule has 0 bridgehead atoms. The molecule has 0 atom stereocenters. The number of aromatic nitrogens is 5. The number of rotatable bonds is 7. The number of amides is 1. The number of hydrogen-bond donors (Lipinski definition) is 2. The van der Waals surface area contributed by atoms with E-state index in [0.717, 1.165) is 23.1 Å². The monoisotopic (exact) mass is 431 g/mol. The summed E-state index contributed by atoms with van der Waals surface area (Å²) in [5.41, 5.74) is 2.82. The highest BCUT2D eigenvalue weighted by Crippen LogP contribution is 2.40. The fraction of sp³-hybridized carbons (Fsp3) is 0.304. The Balaban J connectivity index is 1.33. The Morgan fingerprint density at radius 2 is 2.09 bits per heavy atom. The lowest BCUT2D eigenvalue weighted by Gasteiger charge is -2.07. The van der Waals surface area contributed by atoms with E-state index in [1.165, 1.54) is 18.5 Å². The minimum Gasteiger partial charge on any atom is -0.424 e. The van der Waals surface area contributed by atoms with Crippen LogP contribution in [0, 0.1) is 0 Å². The van der Waals surface area contributed by atoms with Crippen LogP contribution < -0.4 is 15.4 Å². The quantitative estimate of drug-likeness (QED) is 0.457. The largest absolute Gasteiger partial charge is 0.424 e. The van der Waals surface area contributed by atoms with Crippen molar-refractivity contribution >= 4 is 22.8 Å². The summed E-state index contributed by atoms with van der Waals surface area (Å²) in [7, 11) is 1.86. The average molecular weight is 432 g/mol. The predicted octanol–water partition coefficient (Wildman–Crippen LogP) is 4.12. The van der Waals surface area contributed by atoms with E-state index in [1.807, 2.05) is 42.1 Å². The zero-order valence-electron chi connectivity index (χ0n) is 18.1. The van der Waals surface area contributed by atoms with E-state index in [2.05, 4.69) is 32.6 Å². The molecule has 9 heteroatoms. The maximum absolute atomic E-state index is 12.9. The zero-order valence-corrected chi connectivity index (χ0v) is 18.1. The number of carbonyl (C=O) groups is 1. The van der Waals surface area contributed by atoms with Gasteiger partial charge in [0, 0.05) is 48.5 Å². The zero-order chi connectivity index (χ0) is 22.1. The first kappa shape index (κ1) is 20.2. The summed E-state index contributed by atoms with van der Waals surface area (Å²) in [6.45, 7) is 3.48. The number of nitrogens with zero attached hydrogens (tertiary/aromatic N) is 5. The van der Waals surface area contributed by atoms with Gasteiger partial charge in [0.1, 0.15) is 5.75 Å². The minimum atomic E-state index is -0.250. The molecule has 1 fully saturated rings. The van der Waals surface area contributed by atoms with E-state index in [1.54, 1.807) is 23.0 Å². The maximum Gasteiger partial charge on any atom is 0.331 e. The van der Waals surface area contributed by atoms with Gasteiger partial charge in [-0.05, 0) is 57.1 Å². The fourth-order valence-corrected chi connectivity index (χ4v) is 3.79. The first-order valence-electron chi connectivity index (χ1n) is 10.8. The standard InChI is InChI=1S/C23H25N7O2/c1-3-30-20(15-4-5-15)13-21(28-30)27-23(31)29-11-9-16-12-18(6-7-19(16)29)32-22-25-10-8-17(26-22)14-24-2/h6-13,15,24H,3-5,14H2,1-2H3,(H,27,28,31). The molecule has 9 nitrogen and oxygen atoms in total. The lowest BCUT2D eigenvalue weighted by molar-refractivity contribution is 0.254. The van der Waals surface area contributed by atoms with Crippen LogP contribution >= 0.6 is 0 Å². The van der Waals surface area contributed by atoms with Crippen molar-refractivity contribution in [2.75, 3.05) is 12.4 Å². The van der Waals surface area contributed by atoms with Crippen molar-refractivity contribution in [2.24, 2.45) is 0 Å². The molecule has 1 amide bonds. The van der Waals surface area contributed by atoms with Crippen LogP contribution in [0.1, 0.15) is 37.1 Å². The molecule has 1 aliphatic carbocycles. The van der Waals surface area contributed by atoms with Gasteiger partial charge in [-0.1, -0.05) is 0 Å². The Morgan fingerprint density at radius 1 is 1.22 bits per heavy atom. The van der Waals surface area contributed by atoms with Crippen molar-refractivity contribution < 1.29 is 9.53 Å².